The fraction of sp³-hybridized carbons (Fsp3) is 0.952. The SMILES string of the molecule is C[C@H](O)[C@@H]1CC[C@@H]2[C@@H]3CC[C@H]4C[C@H](O)CC[C@]4(C)[C@H]3C(=O)C[C@]21C. The molecule has 0 unspecified atom stereocenters. The lowest BCUT2D eigenvalue weighted by molar-refractivity contribution is -0.163. The van der Waals surface area contributed by atoms with Crippen LogP contribution in [0.25, 0.3) is 0 Å². The van der Waals surface area contributed by atoms with E-state index in [-0.39, 0.29) is 34.9 Å². The van der Waals surface area contributed by atoms with Gasteiger partial charge in [0.05, 0.1) is 12.2 Å². The Kier molecular flexibility index (Phi) is 3.93. The minimum absolute atomic E-state index is 0.00376. The van der Waals surface area contributed by atoms with Gasteiger partial charge in [-0.25, -0.2) is 0 Å². The second-order valence-electron chi connectivity index (χ2n) is 10.0. The molecule has 9 atom stereocenters. The Morgan fingerprint density at radius 1 is 1.08 bits per heavy atom. The summed E-state index contributed by atoms with van der Waals surface area (Å²) in [7, 11) is 0. The molecule has 0 bridgehead atoms. The molecule has 4 fully saturated rings. The number of fused-ring (bicyclic) bond motifs is 5. The van der Waals surface area contributed by atoms with Crippen LogP contribution in [0.5, 0.6) is 0 Å². The first-order valence-corrected chi connectivity index (χ1v) is 10.2. The van der Waals surface area contributed by atoms with E-state index in [9.17, 15) is 15.0 Å². The number of carbonyl (C=O) groups is 1. The number of hydrogen-bond donors (Lipinski definition) is 2. The largest absolute Gasteiger partial charge is 0.393 e. The number of carbonyl (C=O) groups excluding carboxylic acids is 1. The molecule has 4 saturated carbocycles. The Hall–Kier alpha value is -0.410. The Morgan fingerprint density at radius 3 is 2.54 bits per heavy atom. The highest BCUT2D eigenvalue weighted by Crippen LogP contribution is 2.66. The second kappa shape index (κ2) is 5.54. The van der Waals surface area contributed by atoms with Crippen molar-refractivity contribution < 1.29 is 15.0 Å². The first kappa shape index (κ1) is 17.0. The van der Waals surface area contributed by atoms with E-state index in [1.165, 1.54) is 12.8 Å². The number of aliphatic hydroxyl groups is 2. The van der Waals surface area contributed by atoms with E-state index in [1.807, 2.05) is 6.92 Å². The normalized spacial score (nSPS) is 55.5. The van der Waals surface area contributed by atoms with Crippen LogP contribution in [0.4, 0.5) is 0 Å². The lowest BCUT2D eigenvalue weighted by Crippen LogP contribution is -2.58. The lowest BCUT2D eigenvalue weighted by Gasteiger charge is -2.60. The van der Waals surface area contributed by atoms with Crippen LogP contribution >= 0.6 is 0 Å². The van der Waals surface area contributed by atoms with E-state index in [1.54, 1.807) is 0 Å². The third kappa shape index (κ3) is 2.19. The van der Waals surface area contributed by atoms with E-state index in [2.05, 4.69) is 13.8 Å². The third-order valence-electron chi connectivity index (χ3n) is 8.98. The first-order valence-electron chi connectivity index (χ1n) is 10.2. The van der Waals surface area contributed by atoms with E-state index >= 15 is 0 Å². The van der Waals surface area contributed by atoms with Gasteiger partial charge in [-0.05, 0) is 86.4 Å². The fourth-order valence-corrected chi connectivity index (χ4v) is 7.88. The van der Waals surface area contributed by atoms with Crippen molar-refractivity contribution in [1.29, 1.82) is 0 Å². The average molecular weight is 335 g/mol. The van der Waals surface area contributed by atoms with Crippen LogP contribution in [0.15, 0.2) is 0 Å². The predicted molar refractivity (Wildman–Crippen MR) is 93.3 cm³/mol. The van der Waals surface area contributed by atoms with Crippen LogP contribution in [0.3, 0.4) is 0 Å². The van der Waals surface area contributed by atoms with Crippen LogP contribution < -0.4 is 0 Å². The molecular formula is C21H34O3. The molecule has 4 rings (SSSR count). The predicted octanol–water partition coefficient (Wildman–Crippen LogP) is 3.57. The maximum atomic E-state index is 13.3. The second-order valence-corrected chi connectivity index (χ2v) is 10.0. The van der Waals surface area contributed by atoms with Crippen LogP contribution in [0.1, 0.15) is 72.1 Å². The third-order valence-corrected chi connectivity index (χ3v) is 8.98. The minimum atomic E-state index is -0.305. The summed E-state index contributed by atoms with van der Waals surface area (Å²) in [6, 6.07) is 0. The van der Waals surface area contributed by atoms with E-state index in [0.29, 0.717) is 30.0 Å². The molecule has 0 saturated heterocycles. The molecule has 0 aromatic heterocycles. The van der Waals surface area contributed by atoms with Crippen molar-refractivity contribution in [2.45, 2.75) is 84.3 Å². The summed E-state index contributed by atoms with van der Waals surface area (Å²) < 4.78 is 0. The van der Waals surface area contributed by atoms with Crippen molar-refractivity contribution in [2.75, 3.05) is 0 Å². The molecule has 3 heteroatoms. The molecule has 0 heterocycles. The Bertz CT molecular complexity index is 529. The van der Waals surface area contributed by atoms with E-state index < -0.39 is 0 Å². The standard InChI is InChI=1S/C21H34O3/c1-12(22)16-6-7-17-15-5-4-13-10-14(23)8-9-20(13,2)19(15)18(24)11-21(16,17)3/h12-17,19,22-23H,4-11H2,1-3H3/t12-,13-,14+,15-,16-,17+,19+,20-,21-/m0/s1. The topological polar surface area (TPSA) is 57.5 Å². The van der Waals surface area contributed by atoms with Gasteiger partial charge >= 0.3 is 0 Å². The summed E-state index contributed by atoms with van der Waals surface area (Å²) >= 11 is 0. The van der Waals surface area contributed by atoms with Gasteiger partial charge in [0.25, 0.3) is 0 Å². The lowest BCUT2D eigenvalue weighted by atomic mass is 9.44. The van der Waals surface area contributed by atoms with Gasteiger partial charge in [0.15, 0.2) is 0 Å². The number of rotatable bonds is 1. The molecule has 0 spiro atoms. The molecule has 4 aliphatic rings. The van der Waals surface area contributed by atoms with Crippen LogP contribution in [-0.4, -0.2) is 28.2 Å². The Morgan fingerprint density at radius 2 is 1.83 bits per heavy atom. The van der Waals surface area contributed by atoms with Crippen molar-refractivity contribution in [1.82, 2.24) is 0 Å². The van der Waals surface area contributed by atoms with Crippen molar-refractivity contribution >= 4 is 5.78 Å². The van der Waals surface area contributed by atoms with Gasteiger partial charge in [0.2, 0.25) is 0 Å². The van der Waals surface area contributed by atoms with Crippen LogP contribution in [0.2, 0.25) is 0 Å². The molecule has 0 aliphatic heterocycles. The molecule has 2 N–H and O–H groups in total. The summed E-state index contributed by atoms with van der Waals surface area (Å²) in [6.45, 7) is 6.55. The molecule has 0 radical (unpaired) electrons. The molecule has 0 aromatic carbocycles. The molecule has 136 valence electrons. The zero-order chi connectivity index (χ0) is 17.3. The Balaban J connectivity index is 1.67. The van der Waals surface area contributed by atoms with E-state index in [4.69, 9.17) is 0 Å². The van der Waals surface area contributed by atoms with Gasteiger partial charge in [0.1, 0.15) is 5.78 Å². The van der Waals surface area contributed by atoms with Crippen molar-refractivity contribution in [3.8, 4) is 0 Å². The first-order chi connectivity index (χ1) is 11.3. The summed E-state index contributed by atoms with van der Waals surface area (Å²) in [5, 5.41) is 20.4. The fourth-order valence-electron chi connectivity index (χ4n) is 7.88. The van der Waals surface area contributed by atoms with Crippen LogP contribution in [-0.2, 0) is 4.79 Å². The smallest absolute Gasteiger partial charge is 0.137 e. The quantitative estimate of drug-likeness (QED) is 0.771. The maximum absolute atomic E-state index is 13.3. The summed E-state index contributed by atoms with van der Waals surface area (Å²) in [5.74, 6) is 2.58. The maximum Gasteiger partial charge on any atom is 0.137 e. The monoisotopic (exact) mass is 334 g/mol. The van der Waals surface area contributed by atoms with Gasteiger partial charge in [0, 0.05) is 12.3 Å². The highest BCUT2D eigenvalue weighted by molar-refractivity contribution is 5.84. The van der Waals surface area contributed by atoms with Crippen molar-refractivity contribution in [3.05, 3.63) is 0 Å². The Labute approximate surface area is 146 Å². The highest BCUT2D eigenvalue weighted by atomic mass is 16.3. The van der Waals surface area contributed by atoms with Crippen LogP contribution in [0, 0.1) is 40.4 Å². The molecular weight excluding hydrogens is 300 g/mol. The van der Waals surface area contributed by atoms with Gasteiger partial charge in [-0.3, -0.25) is 4.79 Å². The van der Waals surface area contributed by atoms with Gasteiger partial charge in [-0.15, -0.1) is 0 Å². The number of aliphatic hydroxyl groups excluding tert-OH is 2. The number of Topliss-reactive ketones (excluding diaryl/α,β-unsaturated/α-hetero) is 1. The number of hydrogen-bond acceptors (Lipinski definition) is 3. The minimum Gasteiger partial charge on any atom is -0.393 e. The summed E-state index contributed by atoms with van der Waals surface area (Å²) in [5.41, 5.74) is 0.104. The van der Waals surface area contributed by atoms with Gasteiger partial charge in [-0.2, -0.15) is 0 Å². The van der Waals surface area contributed by atoms with Gasteiger partial charge < -0.3 is 10.2 Å². The highest BCUT2D eigenvalue weighted by Gasteiger charge is 2.63. The molecule has 24 heavy (non-hydrogen) atoms. The molecule has 4 aliphatic carbocycles. The zero-order valence-electron chi connectivity index (χ0n) is 15.5. The zero-order valence-corrected chi connectivity index (χ0v) is 15.5. The summed E-state index contributed by atoms with van der Waals surface area (Å²) in [6.07, 6.45) is 7.56. The van der Waals surface area contributed by atoms with E-state index in [0.717, 1.165) is 32.1 Å². The van der Waals surface area contributed by atoms with Crippen molar-refractivity contribution in [2.24, 2.45) is 40.4 Å². The summed E-state index contributed by atoms with van der Waals surface area (Å²) in [4.78, 5) is 13.3. The number of ketones is 1. The molecule has 3 nitrogen and oxygen atoms in total. The molecule has 0 amide bonds. The molecule has 0 aromatic rings. The average Bonchev–Trinajstić information content (AvgIpc) is 2.84. The van der Waals surface area contributed by atoms with Crippen molar-refractivity contribution in [3.63, 3.8) is 0 Å². The van der Waals surface area contributed by atoms with Gasteiger partial charge in [-0.1, -0.05) is 13.8 Å².